The van der Waals surface area contributed by atoms with Gasteiger partial charge in [-0.25, -0.2) is 9.78 Å². The number of carbonyl (C=O) groups excluding carboxylic acids is 3. The molecule has 0 radical (unpaired) electrons. The summed E-state index contributed by atoms with van der Waals surface area (Å²) in [5.74, 6) is -1.98. The first-order valence-electron chi connectivity index (χ1n) is 11.5. The van der Waals surface area contributed by atoms with Gasteiger partial charge in [0.2, 0.25) is 0 Å². The Kier molecular flexibility index (Phi) is 7.26. The Labute approximate surface area is 218 Å². The lowest BCUT2D eigenvalue weighted by atomic mass is 9.94. The van der Waals surface area contributed by atoms with Gasteiger partial charge in [-0.05, 0) is 50.1 Å². The molecule has 0 spiro atoms. The number of hydrogen-bond donors (Lipinski definition) is 1. The molecule has 9 heteroatoms. The van der Waals surface area contributed by atoms with E-state index in [0.717, 1.165) is 22.5 Å². The molecule has 1 aliphatic rings. The smallest absolute Gasteiger partial charge is 0.350 e. The zero-order valence-corrected chi connectivity index (χ0v) is 21.7. The van der Waals surface area contributed by atoms with Gasteiger partial charge in [-0.1, -0.05) is 53.8 Å². The molecule has 37 heavy (non-hydrogen) atoms. The molecule has 1 N–H and O–H groups in total. The second-order valence-corrected chi connectivity index (χ2v) is 9.54. The number of Topliss-reactive ketones (excluding diaryl/α,β-unsaturated/α-hetero) is 1. The molecule has 4 rings (SSSR count). The predicted octanol–water partition coefficient (Wildman–Crippen LogP) is 5.05. The third-order valence-electron chi connectivity index (χ3n) is 6.01. The number of methoxy groups -OCH3 is 1. The normalized spacial score (nSPS) is 16.6. The Morgan fingerprint density at radius 3 is 2.49 bits per heavy atom. The molecule has 2 heterocycles. The van der Waals surface area contributed by atoms with E-state index < -0.39 is 23.7 Å². The van der Waals surface area contributed by atoms with Crippen molar-refractivity contribution < 1.29 is 29.0 Å². The molecule has 190 valence electrons. The third kappa shape index (κ3) is 4.77. The van der Waals surface area contributed by atoms with Gasteiger partial charge in [0, 0.05) is 5.56 Å². The van der Waals surface area contributed by atoms with E-state index in [1.807, 2.05) is 26.0 Å². The van der Waals surface area contributed by atoms with Gasteiger partial charge in [0.1, 0.15) is 23.0 Å². The molecule has 1 aliphatic heterocycles. The van der Waals surface area contributed by atoms with Crippen molar-refractivity contribution in [2.75, 3.05) is 18.6 Å². The summed E-state index contributed by atoms with van der Waals surface area (Å²) in [6.45, 7) is 8.93. The minimum atomic E-state index is -0.953. The van der Waals surface area contributed by atoms with Crippen LogP contribution in [0, 0.1) is 20.8 Å². The summed E-state index contributed by atoms with van der Waals surface area (Å²) in [6, 6.07) is 11.4. The maximum Gasteiger partial charge on any atom is 0.350 e. The van der Waals surface area contributed by atoms with E-state index in [4.69, 9.17) is 9.47 Å². The average molecular weight is 519 g/mol. The number of aliphatic hydroxyl groups excluding tert-OH is 1. The number of aromatic nitrogens is 1. The van der Waals surface area contributed by atoms with Crippen LogP contribution in [0.5, 0.6) is 5.75 Å². The van der Waals surface area contributed by atoms with Crippen molar-refractivity contribution in [1.29, 1.82) is 0 Å². The van der Waals surface area contributed by atoms with Crippen LogP contribution in [0.25, 0.3) is 5.76 Å². The van der Waals surface area contributed by atoms with Crippen molar-refractivity contribution in [2.24, 2.45) is 0 Å². The molecule has 0 bridgehead atoms. The molecular weight excluding hydrogens is 492 g/mol. The summed E-state index contributed by atoms with van der Waals surface area (Å²) in [5.41, 5.74) is 3.03. The van der Waals surface area contributed by atoms with E-state index in [9.17, 15) is 19.5 Å². The second-order valence-electron chi connectivity index (χ2n) is 8.56. The number of nitrogens with zero attached hydrogens (tertiary/aromatic N) is 2. The minimum absolute atomic E-state index is 0.0284. The maximum atomic E-state index is 13.4. The summed E-state index contributed by atoms with van der Waals surface area (Å²) < 4.78 is 10.4. The van der Waals surface area contributed by atoms with Gasteiger partial charge in [-0.15, -0.1) is 0 Å². The van der Waals surface area contributed by atoms with Crippen LogP contribution in [0.2, 0.25) is 0 Å². The number of aryl methyl sites for hydroxylation is 3. The standard InChI is InChI=1S/C28H26N2O6S/c1-6-13-36-27(34)25-17(4)29-28(37-25)30-22(18-9-7-15(2)8-10-18)21(24(32)26(30)33)23(31)19-11-12-20(35-5)16(3)14-19/h6-12,14,22,31H,1,13H2,2-5H3/b23-21+/t22-/m1/s1. The number of amides is 1. The highest BCUT2D eigenvalue weighted by atomic mass is 32.1. The van der Waals surface area contributed by atoms with Crippen LogP contribution in [0.3, 0.4) is 0 Å². The topological polar surface area (TPSA) is 106 Å². The van der Waals surface area contributed by atoms with Gasteiger partial charge < -0.3 is 14.6 Å². The fraction of sp³-hybridized carbons (Fsp3) is 0.214. The molecular formula is C28H26N2O6S. The number of carbonyl (C=O) groups is 3. The quantitative estimate of drug-likeness (QED) is 0.153. The molecule has 8 nitrogen and oxygen atoms in total. The van der Waals surface area contributed by atoms with E-state index in [1.165, 1.54) is 11.0 Å². The third-order valence-corrected chi connectivity index (χ3v) is 7.15. The van der Waals surface area contributed by atoms with Gasteiger partial charge in [-0.2, -0.15) is 0 Å². The highest BCUT2D eigenvalue weighted by Gasteiger charge is 2.48. The molecule has 1 atom stereocenters. The zero-order valence-electron chi connectivity index (χ0n) is 20.9. The lowest BCUT2D eigenvalue weighted by molar-refractivity contribution is -0.132. The zero-order chi connectivity index (χ0) is 26.9. The van der Waals surface area contributed by atoms with Crippen molar-refractivity contribution in [1.82, 2.24) is 4.98 Å². The Bertz CT molecular complexity index is 1440. The van der Waals surface area contributed by atoms with Crippen molar-refractivity contribution >= 4 is 39.9 Å². The van der Waals surface area contributed by atoms with Gasteiger partial charge in [0.25, 0.3) is 5.78 Å². The van der Waals surface area contributed by atoms with Crippen LogP contribution in [-0.4, -0.2) is 41.5 Å². The molecule has 1 fully saturated rings. The Morgan fingerprint density at radius 2 is 1.86 bits per heavy atom. The van der Waals surface area contributed by atoms with Crippen LogP contribution in [0.15, 0.2) is 60.7 Å². The summed E-state index contributed by atoms with van der Waals surface area (Å²) in [4.78, 5) is 45.1. The van der Waals surface area contributed by atoms with Crippen LogP contribution in [0.1, 0.15) is 43.7 Å². The second kappa shape index (κ2) is 10.4. The highest BCUT2D eigenvalue weighted by molar-refractivity contribution is 7.17. The van der Waals surface area contributed by atoms with E-state index in [1.54, 1.807) is 44.4 Å². The lowest BCUT2D eigenvalue weighted by Crippen LogP contribution is -2.29. The molecule has 2 aromatic carbocycles. The van der Waals surface area contributed by atoms with E-state index in [-0.39, 0.29) is 27.9 Å². The lowest BCUT2D eigenvalue weighted by Gasteiger charge is -2.23. The fourth-order valence-electron chi connectivity index (χ4n) is 4.15. The highest BCUT2D eigenvalue weighted by Crippen LogP contribution is 2.44. The van der Waals surface area contributed by atoms with Gasteiger partial charge in [-0.3, -0.25) is 14.5 Å². The number of ether oxygens (including phenoxy) is 2. The number of benzene rings is 2. The first-order chi connectivity index (χ1) is 17.7. The van der Waals surface area contributed by atoms with E-state index in [2.05, 4.69) is 11.6 Å². The molecule has 3 aromatic rings. The summed E-state index contributed by atoms with van der Waals surface area (Å²) in [7, 11) is 1.54. The Hall–Kier alpha value is -4.24. The Balaban J connectivity index is 1.88. The number of aliphatic hydroxyl groups is 1. The van der Waals surface area contributed by atoms with Crippen LogP contribution < -0.4 is 9.64 Å². The predicted molar refractivity (Wildman–Crippen MR) is 141 cm³/mol. The number of esters is 1. The molecule has 0 saturated carbocycles. The molecule has 1 aromatic heterocycles. The number of ketones is 1. The summed E-state index contributed by atoms with van der Waals surface area (Å²) in [6.07, 6.45) is 1.45. The SMILES string of the molecule is C=CCOC(=O)c1sc(N2C(=O)C(=O)/C(=C(/O)c3ccc(OC)c(C)c3)[C@H]2c2ccc(C)cc2)nc1C. The Morgan fingerprint density at radius 1 is 1.16 bits per heavy atom. The average Bonchev–Trinajstić information content (AvgIpc) is 3.39. The monoisotopic (exact) mass is 518 g/mol. The van der Waals surface area contributed by atoms with Crippen molar-refractivity contribution in [3.63, 3.8) is 0 Å². The maximum absolute atomic E-state index is 13.4. The summed E-state index contributed by atoms with van der Waals surface area (Å²) >= 11 is 0.952. The first-order valence-corrected chi connectivity index (χ1v) is 12.3. The van der Waals surface area contributed by atoms with E-state index in [0.29, 0.717) is 22.6 Å². The van der Waals surface area contributed by atoms with Crippen molar-refractivity contribution in [2.45, 2.75) is 26.8 Å². The van der Waals surface area contributed by atoms with Crippen molar-refractivity contribution in [3.05, 3.63) is 93.5 Å². The van der Waals surface area contributed by atoms with Crippen molar-refractivity contribution in [3.8, 4) is 5.75 Å². The minimum Gasteiger partial charge on any atom is -0.507 e. The largest absolute Gasteiger partial charge is 0.507 e. The van der Waals surface area contributed by atoms with Crippen LogP contribution >= 0.6 is 11.3 Å². The molecule has 1 saturated heterocycles. The van der Waals surface area contributed by atoms with Crippen LogP contribution in [-0.2, 0) is 14.3 Å². The molecule has 0 unspecified atom stereocenters. The molecule has 1 amide bonds. The van der Waals surface area contributed by atoms with Crippen LogP contribution in [0.4, 0.5) is 5.13 Å². The fourth-order valence-corrected chi connectivity index (χ4v) is 5.14. The number of anilines is 1. The summed E-state index contributed by atoms with van der Waals surface area (Å²) in [5, 5.41) is 11.5. The van der Waals surface area contributed by atoms with Gasteiger partial charge in [0.05, 0.1) is 24.4 Å². The van der Waals surface area contributed by atoms with Gasteiger partial charge in [0.15, 0.2) is 5.13 Å². The first kappa shape index (κ1) is 25.8. The molecule has 0 aliphatic carbocycles. The van der Waals surface area contributed by atoms with E-state index >= 15 is 0 Å². The number of hydrogen-bond acceptors (Lipinski definition) is 8. The number of thiazole rings is 1. The number of rotatable bonds is 7. The van der Waals surface area contributed by atoms with Gasteiger partial charge >= 0.3 is 11.9 Å².